The Bertz CT molecular complexity index is 279. The van der Waals surface area contributed by atoms with Crippen LogP contribution in [0.5, 0.6) is 0 Å². The Hall–Kier alpha value is -0.820. The second kappa shape index (κ2) is 3.54. The molecule has 1 heterocycles. The van der Waals surface area contributed by atoms with Crippen molar-refractivity contribution in [2.45, 2.75) is 13.8 Å². The minimum absolute atomic E-state index is 1.30. The van der Waals surface area contributed by atoms with Gasteiger partial charge in [-0.1, -0.05) is 18.7 Å². The maximum atomic E-state index is 3.67. The summed E-state index contributed by atoms with van der Waals surface area (Å²) in [6.45, 7) is 7.91. The molecule has 1 heteroatoms. The van der Waals surface area contributed by atoms with Crippen molar-refractivity contribution in [1.82, 2.24) is 0 Å². The van der Waals surface area contributed by atoms with Crippen molar-refractivity contribution in [3.8, 4) is 0 Å². The average molecular weight is 164 g/mol. The van der Waals surface area contributed by atoms with E-state index in [4.69, 9.17) is 0 Å². The van der Waals surface area contributed by atoms with Crippen LogP contribution in [0.3, 0.4) is 0 Å². The van der Waals surface area contributed by atoms with Gasteiger partial charge in [0.15, 0.2) is 0 Å². The minimum atomic E-state index is 1.30. The molecule has 1 rings (SSSR count). The van der Waals surface area contributed by atoms with Crippen molar-refractivity contribution in [2.24, 2.45) is 0 Å². The van der Waals surface area contributed by atoms with Gasteiger partial charge >= 0.3 is 0 Å². The molecule has 0 saturated heterocycles. The summed E-state index contributed by atoms with van der Waals surface area (Å²) in [5.74, 6) is 0. The van der Waals surface area contributed by atoms with E-state index in [1.54, 1.807) is 11.3 Å². The Morgan fingerprint density at radius 3 is 2.82 bits per heavy atom. The van der Waals surface area contributed by atoms with Crippen LogP contribution in [0, 0.1) is 6.92 Å². The smallest absolute Gasteiger partial charge is 0.0328 e. The number of hydrogen-bond acceptors (Lipinski definition) is 1. The van der Waals surface area contributed by atoms with Gasteiger partial charge in [0.1, 0.15) is 0 Å². The van der Waals surface area contributed by atoms with E-state index in [-0.39, 0.29) is 0 Å². The van der Waals surface area contributed by atoms with Crippen LogP contribution in [0.2, 0.25) is 0 Å². The van der Waals surface area contributed by atoms with Gasteiger partial charge in [0.05, 0.1) is 0 Å². The lowest BCUT2D eigenvalue weighted by atomic mass is 10.2. The van der Waals surface area contributed by atoms with Crippen LogP contribution in [-0.4, -0.2) is 0 Å². The first-order valence-electron chi connectivity index (χ1n) is 3.59. The van der Waals surface area contributed by atoms with E-state index in [1.807, 2.05) is 12.2 Å². The van der Waals surface area contributed by atoms with Crippen LogP contribution in [-0.2, 0) is 0 Å². The fourth-order valence-electron chi connectivity index (χ4n) is 1.03. The Morgan fingerprint density at radius 1 is 1.64 bits per heavy atom. The Kier molecular flexibility index (Phi) is 2.66. The molecule has 0 unspecified atom stereocenters. The third kappa shape index (κ3) is 1.81. The fourth-order valence-corrected chi connectivity index (χ4v) is 1.95. The normalized spacial score (nSPS) is 11.6. The number of rotatable bonds is 2. The Balaban J connectivity index is 3.01. The summed E-state index contributed by atoms with van der Waals surface area (Å²) in [6.07, 6.45) is 3.87. The highest BCUT2D eigenvalue weighted by atomic mass is 32.1. The summed E-state index contributed by atoms with van der Waals surface area (Å²) in [5.41, 5.74) is 2.65. The summed E-state index contributed by atoms with van der Waals surface area (Å²) in [4.78, 5) is 1.37. The van der Waals surface area contributed by atoms with Crippen molar-refractivity contribution in [2.75, 3.05) is 0 Å². The summed E-state index contributed by atoms with van der Waals surface area (Å²) in [6, 6.07) is 2.14. The molecule has 0 atom stereocenters. The molecule has 1 aromatic rings. The number of hydrogen-bond donors (Lipinski definition) is 0. The zero-order valence-corrected chi connectivity index (χ0v) is 7.74. The molecular formula is C10H12S. The third-order valence-electron chi connectivity index (χ3n) is 1.59. The predicted molar refractivity (Wildman–Crippen MR) is 52.9 cm³/mol. The largest absolute Gasteiger partial charge is 0.144 e. The minimum Gasteiger partial charge on any atom is -0.144 e. The lowest BCUT2D eigenvalue weighted by Gasteiger charge is -1.96. The lowest BCUT2D eigenvalue weighted by Crippen LogP contribution is -1.74. The van der Waals surface area contributed by atoms with E-state index in [2.05, 4.69) is 31.9 Å². The summed E-state index contributed by atoms with van der Waals surface area (Å²) in [5, 5.41) is 2.12. The second-order valence-corrected chi connectivity index (χ2v) is 3.43. The van der Waals surface area contributed by atoms with Crippen LogP contribution >= 0.6 is 11.3 Å². The number of thiophene rings is 1. The molecule has 0 aliphatic rings. The zero-order valence-electron chi connectivity index (χ0n) is 6.92. The van der Waals surface area contributed by atoms with E-state index >= 15 is 0 Å². The topological polar surface area (TPSA) is 0 Å². The molecule has 0 aromatic carbocycles. The first-order valence-corrected chi connectivity index (χ1v) is 4.47. The van der Waals surface area contributed by atoms with Crippen molar-refractivity contribution < 1.29 is 0 Å². The number of allylic oxidation sites excluding steroid dienone is 3. The van der Waals surface area contributed by atoms with Crippen molar-refractivity contribution in [1.29, 1.82) is 0 Å². The highest BCUT2D eigenvalue weighted by Gasteiger charge is 1.99. The summed E-state index contributed by atoms with van der Waals surface area (Å²) < 4.78 is 0. The van der Waals surface area contributed by atoms with Crippen LogP contribution in [0.4, 0.5) is 0 Å². The third-order valence-corrected chi connectivity index (χ3v) is 2.74. The summed E-state index contributed by atoms with van der Waals surface area (Å²) in [7, 11) is 0. The van der Waals surface area contributed by atoms with Crippen molar-refractivity contribution >= 4 is 16.9 Å². The molecule has 0 fully saturated rings. The maximum absolute atomic E-state index is 3.67. The van der Waals surface area contributed by atoms with Gasteiger partial charge in [-0.15, -0.1) is 11.3 Å². The van der Waals surface area contributed by atoms with Gasteiger partial charge in [-0.05, 0) is 36.4 Å². The van der Waals surface area contributed by atoms with E-state index < -0.39 is 0 Å². The maximum Gasteiger partial charge on any atom is 0.0328 e. The molecule has 0 spiro atoms. The van der Waals surface area contributed by atoms with E-state index in [1.165, 1.54) is 16.0 Å². The molecule has 58 valence electrons. The van der Waals surface area contributed by atoms with E-state index in [0.29, 0.717) is 0 Å². The van der Waals surface area contributed by atoms with Gasteiger partial charge in [-0.3, -0.25) is 0 Å². The molecule has 1 aromatic heterocycles. The molecule has 0 aliphatic carbocycles. The van der Waals surface area contributed by atoms with Gasteiger partial charge in [-0.25, -0.2) is 0 Å². The van der Waals surface area contributed by atoms with Crippen LogP contribution in [0.15, 0.2) is 30.2 Å². The Morgan fingerprint density at radius 2 is 2.36 bits per heavy atom. The van der Waals surface area contributed by atoms with Gasteiger partial charge in [0, 0.05) is 4.88 Å². The number of aryl methyl sites for hydroxylation is 1. The van der Waals surface area contributed by atoms with Crippen molar-refractivity contribution in [3.63, 3.8) is 0 Å². The zero-order chi connectivity index (χ0) is 8.27. The quantitative estimate of drug-likeness (QED) is 0.585. The monoisotopic (exact) mass is 164 g/mol. The van der Waals surface area contributed by atoms with Gasteiger partial charge in [0.2, 0.25) is 0 Å². The average Bonchev–Trinajstić information content (AvgIpc) is 2.36. The van der Waals surface area contributed by atoms with Gasteiger partial charge < -0.3 is 0 Å². The molecule has 0 radical (unpaired) electrons. The first-order chi connectivity index (χ1) is 5.25. The van der Waals surface area contributed by atoms with Crippen molar-refractivity contribution in [3.05, 3.63) is 40.6 Å². The Labute approximate surface area is 71.9 Å². The van der Waals surface area contributed by atoms with E-state index in [9.17, 15) is 0 Å². The predicted octanol–water partition coefficient (Wildman–Crippen LogP) is 3.65. The highest BCUT2D eigenvalue weighted by molar-refractivity contribution is 7.11. The van der Waals surface area contributed by atoms with E-state index in [0.717, 1.165) is 0 Å². The second-order valence-electron chi connectivity index (χ2n) is 2.52. The molecule has 0 amide bonds. The molecule has 0 nitrogen and oxygen atoms in total. The highest BCUT2D eigenvalue weighted by Crippen LogP contribution is 2.23. The fraction of sp³-hybridized carbons (Fsp3) is 0.200. The van der Waals surface area contributed by atoms with Gasteiger partial charge in [-0.2, -0.15) is 0 Å². The van der Waals surface area contributed by atoms with Crippen LogP contribution in [0.25, 0.3) is 5.57 Å². The molecule has 0 saturated carbocycles. The SMILES string of the molecule is C=C/C=C(/C)c1sccc1C. The van der Waals surface area contributed by atoms with Crippen LogP contribution in [0.1, 0.15) is 17.4 Å². The standard InChI is InChI=1S/C10H12S/c1-4-5-8(2)10-9(3)6-7-11-10/h4-7H,1H2,2-3H3/b8-5-. The lowest BCUT2D eigenvalue weighted by molar-refractivity contribution is 1.50. The molecular weight excluding hydrogens is 152 g/mol. The molecule has 11 heavy (non-hydrogen) atoms. The molecule has 0 N–H and O–H groups in total. The molecule has 0 aliphatic heterocycles. The van der Waals surface area contributed by atoms with Crippen LogP contribution < -0.4 is 0 Å². The molecule has 0 bridgehead atoms. The first kappa shape index (κ1) is 8.28. The summed E-state index contributed by atoms with van der Waals surface area (Å²) >= 11 is 1.78. The van der Waals surface area contributed by atoms with Gasteiger partial charge in [0.25, 0.3) is 0 Å².